The molecule has 1 saturated heterocycles. The van der Waals surface area contributed by atoms with E-state index in [0.29, 0.717) is 29.4 Å². The molecule has 1 atom stereocenters. The lowest BCUT2D eigenvalue weighted by molar-refractivity contribution is 0.0818. The Balaban J connectivity index is 1.61. The molecule has 2 aromatic carbocycles. The SMILES string of the molecule is Cc1ccc2cc(CN(C[C@H]3CCCO3)C(=O)Nc3ccccc3Cl)c(=O)[nH]c2c1. The van der Waals surface area contributed by atoms with Crippen LogP contribution in [0.15, 0.2) is 53.3 Å². The molecule has 2 amide bonds. The second kappa shape index (κ2) is 8.90. The number of anilines is 1. The molecule has 0 spiro atoms. The zero-order valence-corrected chi connectivity index (χ0v) is 17.5. The third-order valence-corrected chi connectivity index (χ3v) is 5.62. The summed E-state index contributed by atoms with van der Waals surface area (Å²) in [6.45, 7) is 3.26. The van der Waals surface area contributed by atoms with Gasteiger partial charge in [-0.2, -0.15) is 0 Å². The number of H-pyrrole nitrogens is 1. The van der Waals surface area contributed by atoms with Gasteiger partial charge in [0.25, 0.3) is 5.56 Å². The van der Waals surface area contributed by atoms with Gasteiger partial charge in [0.05, 0.1) is 23.4 Å². The lowest BCUT2D eigenvalue weighted by Crippen LogP contribution is -2.40. The van der Waals surface area contributed by atoms with Crippen molar-refractivity contribution in [3.05, 3.63) is 75.0 Å². The summed E-state index contributed by atoms with van der Waals surface area (Å²) >= 11 is 6.19. The van der Waals surface area contributed by atoms with Crippen LogP contribution >= 0.6 is 11.6 Å². The molecule has 30 heavy (non-hydrogen) atoms. The van der Waals surface area contributed by atoms with Gasteiger partial charge in [0.2, 0.25) is 0 Å². The number of nitrogens with zero attached hydrogens (tertiary/aromatic N) is 1. The van der Waals surface area contributed by atoms with Gasteiger partial charge in [-0.3, -0.25) is 4.79 Å². The number of benzene rings is 2. The number of hydrogen-bond acceptors (Lipinski definition) is 3. The molecule has 2 N–H and O–H groups in total. The smallest absolute Gasteiger partial charge is 0.322 e. The summed E-state index contributed by atoms with van der Waals surface area (Å²) in [5.74, 6) is 0. The Morgan fingerprint density at radius 2 is 2.10 bits per heavy atom. The molecule has 0 radical (unpaired) electrons. The lowest BCUT2D eigenvalue weighted by atomic mass is 10.1. The first-order valence-corrected chi connectivity index (χ1v) is 10.4. The van der Waals surface area contributed by atoms with Gasteiger partial charge in [-0.1, -0.05) is 35.9 Å². The van der Waals surface area contributed by atoms with Gasteiger partial charge in [-0.05, 0) is 55.0 Å². The summed E-state index contributed by atoms with van der Waals surface area (Å²) in [4.78, 5) is 30.3. The van der Waals surface area contributed by atoms with E-state index in [1.54, 1.807) is 23.1 Å². The van der Waals surface area contributed by atoms with E-state index in [-0.39, 0.29) is 24.2 Å². The van der Waals surface area contributed by atoms with Crippen molar-refractivity contribution >= 4 is 34.2 Å². The van der Waals surface area contributed by atoms with Crippen LogP contribution in [0.4, 0.5) is 10.5 Å². The highest BCUT2D eigenvalue weighted by molar-refractivity contribution is 6.33. The van der Waals surface area contributed by atoms with Gasteiger partial charge in [-0.15, -0.1) is 0 Å². The molecule has 0 saturated carbocycles. The number of halogens is 1. The molecule has 2 heterocycles. The van der Waals surface area contributed by atoms with Crippen LogP contribution in [0.5, 0.6) is 0 Å². The largest absolute Gasteiger partial charge is 0.376 e. The molecule has 3 aromatic rings. The molecule has 0 aliphatic carbocycles. The number of rotatable bonds is 5. The molecule has 1 aliphatic rings. The maximum Gasteiger partial charge on any atom is 0.322 e. The Bertz CT molecular complexity index is 1120. The molecule has 7 heteroatoms. The van der Waals surface area contributed by atoms with Crippen LogP contribution in [0.25, 0.3) is 10.9 Å². The first-order valence-electron chi connectivity index (χ1n) is 10.0. The molecule has 1 aromatic heterocycles. The fourth-order valence-corrected chi connectivity index (χ4v) is 3.88. The van der Waals surface area contributed by atoms with E-state index in [9.17, 15) is 9.59 Å². The number of nitrogens with one attached hydrogen (secondary N) is 2. The van der Waals surface area contributed by atoms with Crippen molar-refractivity contribution in [1.29, 1.82) is 0 Å². The quantitative estimate of drug-likeness (QED) is 0.622. The zero-order valence-electron chi connectivity index (χ0n) is 16.8. The monoisotopic (exact) mass is 425 g/mol. The normalized spacial score (nSPS) is 16.0. The average molecular weight is 426 g/mol. The predicted octanol–water partition coefficient (Wildman–Crippen LogP) is 4.70. The molecule has 1 aliphatic heterocycles. The second-order valence-corrected chi connectivity index (χ2v) is 8.05. The van der Waals surface area contributed by atoms with E-state index in [2.05, 4.69) is 10.3 Å². The van der Waals surface area contributed by atoms with Crippen LogP contribution in [0.1, 0.15) is 24.0 Å². The van der Waals surface area contributed by atoms with Crippen LogP contribution < -0.4 is 10.9 Å². The van der Waals surface area contributed by atoms with Crippen molar-refractivity contribution in [2.75, 3.05) is 18.5 Å². The highest BCUT2D eigenvalue weighted by Crippen LogP contribution is 2.22. The average Bonchev–Trinajstić information content (AvgIpc) is 3.23. The minimum atomic E-state index is -0.318. The van der Waals surface area contributed by atoms with Crippen LogP contribution in [-0.4, -0.2) is 35.2 Å². The Morgan fingerprint density at radius 1 is 1.27 bits per heavy atom. The van der Waals surface area contributed by atoms with E-state index in [0.717, 1.165) is 29.3 Å². The number of pyridine rings is 1. The van der Waals surface area contributed by atoms with E-state index in [1.165, 1.54) is 0 Å². The fraction of sp³-hybridized carbons (Fsp3) is 0.304. The van der Waals surface area contributed by atoms with E-state index < -0.39 is 0 Å². The number of aryl methyl sites for hydroxylation is 1. The minimum Gasteiger partial charge on any atom is -0.376 e. The summed E-state index contributed by atoms with van der Waals surface area (Å²) in [6.07, 6.45) is 1.83. The minimum absolute atomic E-state index is 0.0378. The highest BCUT2D eigenvalue weighted by atomic mass is 35.5. The summed E-state index contributed by atoms with van der Waals surface area (Å²) in [5.41, 5.74) is 2.72. The van der Waals surface area contributed by atoms with E-state index in [1.807, 2.05) is 37.3 Å². The first-order chi connectivity index (χ1) is 14.5. The van der Waals surface area contributed by atoms with Crippen LogP contribution in [0.3, 0.4) is 0 Å². The standard InChI is InChI=1S/C23H24ClN3O3/c1-15-8-9-16-12-17(22(28)25-21(16)11-15)13-27(14-18-5-4-10-30-18)23(29)26-20-7-3-2-6-19(20)24/h2-3,6-9,11-12,18H,4-5,10,13-14H2,1H3,(H,25,28)(H,26,29)/t18-/m1/s1. The van der Waals surface area contributed by atoms with Crippen LogP contribution in [0, 0.1) is 6.92 Å². The predicted molar refractivity (Wildman–Crippen MR) is 119 cm³/mol. The topological polar surface area (TPSA) is 74.4 Å². The van der Waals surface area contributed by atoms with Gasteiger partial charge in [-0.25, -0.2) is 4.79 Å². The van der Waals surface area contributed by atoms with Gasteiger partial charge in [0.1, 0.15) is 0 Å². The Morgan fingerprint density at radius 3 is 2.87 bits per heavy atom. The number of para-hydroxylation sites is 1. The molecule has 4 rings (SSSR count). The van der Waals surface area contributed by atoms with Gasteiger partial charge in [0.15, 0.2) is 0 Å². The highest BCUT2D eigenvalue weighted by Gasteiger charge is 2.24. The number of urea groups is 1. The van der Waals surface area contributed by atoms with E-state index >= 15 is 0 Å². The van der Waals surface area contributed by atoms with Crippen molar-refractivity contribution in [3.63, 3.8) is 0 Å². The Labute approximate surface area is 179 Å². The number of carbonyl (C=O) groups is 1. The molecule has 6 nitrogen and oxygen atoms in total. The summed E-state index contributed by atoms with van der Waals surface area (Å²) in [6, 6.07) is 14.5. The number of carbonyl (C=O) groups excluding carboxylic acids is 1. The van der Waals surface area contributed by atoms with Crippen LogP contribution in [0.2, 0.25) is 5.02 Å². The van der Waals surface area contributed by atoms with Crippen molar-refractivity contribution < 1.29 is 9.53 Å². The van der Waals surface area contributed by atoms with E-state index in [4.69, 9.17) is 16.3 Å². The zero-order chi connectivity index (χ0) is 21.1. The Hall–Kier alpha value is -2.83. The fourth-order valence-electron chi connectivity index (χ4n) is 3.69. The molecular formula is C23H24ClN3O3. The number of hydrogen-bond donors (Lipinski definition) is 2. The summed E-state index contributed by atoms with van der Waals surface area (Å²) in [5, 5.41) is 4.25. The number of aromatic nitrogens is 1. The summed E-state index contributed by atoms with van der Waals surface area (Å²) < 4.78 is 5.73. The van der Waals surface area contributed by atoms with Crippen molar-refractivity contribution in [2.24, 2.45) is 0 Å². The Kier molecular flexibility index (Phi) is 6.06. The molecule has 156 valence electrons. The van der Waals surface area contributed by atoms with Crippen molar-refractivity contribution in [1.82, 2.24) is 9.88 Å². The summed E-state index contributed by atoms with van der Waals surface area (Å²) in [7, 11) is 0. The van der Waals surface area contributed by atoms with Gasteiger partial charge < -0.3 is 19.9 Å². The number of amides is 2. The third kappa shape index (κ3) is 4.66. The maximum absolute atomic E-state index is 13.1. The van der Waals surface area contributed by atoms with Crippen LogP contribution in [-0.2, 0) is 11.3 Å². The third-order valence-electron chi connectivity index (χ3n) is 5.29. The number of ether oxygens (including phenoxy) is 1. The molecule has 0 unspecified atom stereocenters. The van der Waals surface area contributed by atoms with Crippen molar-refractivity contribution in [2.45, 2.75) is 32.4 Å². The number of fused-ring (bicyclic) bond motifs is 1. The molecular weight excluding hydrogens is 402 g/mol. The molecule has 0 bridgehead atoms. The second-order valence-electron chi connectivity index (χ2n) is 7.64. The molecule has 1 fully saturated rings. The maximum atomic E-state index is 13.1. The van der Waals surface area contributed by atoms with Gasteiger partial charge in [0, 0.05) is 24.2 Å². The lowest BCUT2D eigenvalue weighted by Gasteiger charge is -2.26. The van der Waals surface area contributed by atoms with Crippen molar-refractivity contribution in [3.8, 4) is 0 Å². The number of aromatic amines is 1. The van der Waals surface area contributed by atoms with Gasteiger partial charge >= 0.3 is 6.03 Å². The first kappa shape index (κ1) is 20.4.